The maximum absolute atomic E-state index is 10.9. The fourth-order valence-corrected chi connectivity index (χ4v) is 3.43. The van der Waals surface area contributed by atoms with Crippen LogP contribution >= 0.6 is 15.9 Å². The number of hydrogen-bond acceptors (Lipinski definition) is 3. The van der Waals surface area contributed by atoms with E-state index in [0.717, 1.165) is 0 Å². The summed E-state index contributed by atoms with van der Waals surface area (Å²) in [6.07, 6.45) is -0.856. The lowest BCUT2D eigenvalue weighted by Crippen LogP contribution is -2.66. The zero-order chi connectivity index (χ0) is 7.94. The summed E-state index contributed by atoms with van der Waals surface area (Å²) in [6.45, 7) is 0. The quantitative estimate of drug-likeness (QED) is 0.478. The summed E-state index contributed by atoms with van der Waals surface area (Å²) in [5.41, 5.74) is 3.51. The third kappa shape index (κ3) is 1.20. The highest BCUT2D eigenvalue weighted by Gasteiger charge is 2.45. The third-order valence-corrected chi connectivity index (χ3v) is 5.65. The molecule has 0 bridgehead atoms. The average Bonchev–Trinajstić information content (AvgIpc) is 1.95. The topological polar surface area (TPSA) is 82.0 Å². The van der Waals surface area contributed by atoms with Crippen LogP contribution in [-0.2, 0) is 9.84 Å². The van der Waals surface area contributed by atoms with E-state index in [0.29, 0.717) is 0 Å². The minimum Gasteiger partial charge on any atom is -0.385 e. The van der Waals surface area contributed by atoms with Crippen LogP contribution < -0.4 is 5.73 Å². The van der Waals surface area contributed by atoms with Crippen molar-refractivity contribution in [1.82, 2.24) is 0 Å². The van der Waals surface area contributed by atoms with Crippen LogP contribution in [-0.4, -0.2) is 35.6 Å². The second-order valence-corrected chi connectivity index (χ2v) is 6.19. The summed E-state index contributed by atoms with van der Waals surface area (Å²) in [6, 6.07) is -0.394. The van der Waals surface area contributed by atoms with Gasteiger partial charge >= 0.3 is 0 Å². The van der Waals surface area contributed by atoms with Gasteiger partial charge in [0, 0.05) is 0 Å². The highest BCUT2D eigenvalue weighted by Crippen LogP contribution is 2.23. The van der Waals surface area contributed by atoms with Crippen LogP contribution in [0.4, 0.5) is 0 Å². The number of rotatable bonds is 0. The zero-order valence-corrected chi connectivity index (χ0v) is 7.60. The van der Waals surface area contributed by atoms with Gasteiger partial charge in [0.05, 0.1) is 0 Å². The van der Waals surface area contributed by atoms with E-state index < -0.39 is 26.1 Å². The smallest absolute Gasteiger partial charge is 0.171 e. The number of aliphatic hydroxyl groups excluding tert-OH is 1. The Balaban J connectivity index is 2.93. The molecule has 0 aromatic carbocycles. The van der Waals surface area contributed by atoms with Gasteiger partial charge in [0.2, 0.25) is 0 Å². The zero-order valence-electron chi connectivity index (χ0n) is 5.20. The molecule has 1 heterocycles. The monoisotopic (exact) mass is 230 g/mol. The molecule has 0 spiro atoms. The second-order valence-electron chi connectivity index (χ2n) is 2.43. The van der Waals surface area contributed by atoms with Crippen molar-refractivity contribution in [2.75, 3.05) is 5.75 Å². The van der Waals surface area contributed by atoms with Crippen LogP contribution in [0.1, 0.15) is 0 Å². The maximum atomic E-state index is 10.9. The highest BCUT2D eigenvalue weighted by molar-refractivity contribution is 9.11. The molecule has 0 aliphatic carbocycles. The molecule has 60 valence electrons. The first-order chi connectivity index (χ1) is 4.45. The van der Waals surface area contributed by atoms with Crippen molar-refractivity contribution < 1.29 is 19.3 Å². The normalized spacial score (nSPS) is 45.7. The molecule has 4 nitrogen and oxygen atoms in total. The lowest BCUT2D eigenvalue weighted by molar-refractivity contribution is -0.426. The predicted molar refractivity (Wildman–Crippen MR) is 39.2 cm³/mol. The molecule has 0 radical (unpaired) electrons. The Kier molecular flexibility index (Phi) is 2.06. The Morgan fingerprint density at radius 3 is 2.20 bits per heavy atom. The molecular formula is C4H9BrNO3S+. The van der Waals surface area contributed by atoms with Gasteiger partial charge in [-0.3, -0.25) is 0 Å². The number of halogens is 1. The molecule has 1 saturated heterocycles. The highest BCUT2D eigenvalue weighted by atomic mass is 79.9. The molecule has 1 aliphatic rings. The van der Waals surface area contributed by atoms with Gasteiger partial charge in [-0.1, -0.05) is 15.9 Å². The molecule has 3 atom stereocenters. The molecular weight excluding hydrogens is 222 g/mol. The molecule has 0 unspecified atom stereocenters. The largest absolute Gasteiger partial charge is 0.385 e. The van der Waals surface area contributed by atoms with E-state index in [-0.39, 0.29) is 5.75 Å². The first kappa shape index (κ1) is 8.45. The molecule has 1 rings (SSSR count). The summed E-state index contributed by atoms with van der Waals surface area (Å²) in [7, 11) is -3.12. The molecule has 10 heavy (non-hydrogen) atoms. The van der Waals surface area contributed by atoms with Crippen molar-refractivity contribution in [2.24, 2.45) is 0 Å². The van der Waals surface area contributed by atoms with Gasteiger partial charge in [-0.2, -0.15) is 0 Å². The Morgan fingerprint density at radius 1 is 1.60 bits per heavy atom. The van der Waals surface area contributed by atoms with Crippen LogP contribution in [0.5, 0.6) is 0 Å². The third-order valence-electron chi connectivity index (χ3n) is 1.54. The first-order valence-corrected chi connectivity index (χ1v) is 5.45. The van der Waals surface area contributed by atoms with Gasteiger partial charge in [0.15, 0.2) is 9.84 Å². The summed E-state index contributed by atoms with van der Waals surface area (Å²) in [5.74, 6) is -0.0237. The van der Waals surface area contributed by atoms with Gasteiger partial charge in [0.25, 0.3) is 0 Å². The minimum absolute atomic E-state index is 0.0237. The number of quaternary nitrogens is 1. The van der Waals surface area contributed by atoms with Crippen molar-refractivity contribution in [3.8, 4) is 0 Å². The molecule has 4 N–H and O–H groups in total. The van der Waals surface area contributed by atoms with E-state index in [1.165, 1.54) is 0 Å². The van der Waals surface area contributed by atoms with Crippen LogP contribution in [0.3, 0.4) is 0 Å². The standard InChI is InChI=1S/C4H8BrNO3S/c5-4-3(7)2(6)1-10(4,8)9/h2-4,7H,1,6H2/p+1/t2-,3+,4-/m1/s1. The average molecular weight is 231 g/mol. The van der Waals surface area contributed by atoms with Gasteiger partial charge in [0.1, 0.15) is 22.1 Å². The van der Waals surface area contributed by atoms with Crippen molar-refractivity contribution >= 4 is 25.8 Å². The number of aliphatic hydroxyl groups is 1. The molecule has 0 aromatic heterocycles. The lowest BCUT2D eigenvalue weighted by atomic mass is 10.2. The van der Waals surface area contributed by atoms with E-state index in [2.05, 4.69) is 21.7 Å². The first-order valence-electron chi connectivity index (χ1n) is 2.82. The summed E-state index contributed by atoms with van der Waals surface area (Å²) < 4.78 is 21.1. The van der Waals surface area contributed by atoms with E-state index in [1.807, 2.05) is 0 Å². The summed E-state index contributed by atoms with van der Waals surface area (Å²) in [5, 5.41) is 9.11. The van der Waals surface area contributed by atoms with Crippen molar-refractivity contribution in [2.45, 2.75) is 16.3 Å². The second kappa shape index (κ2) is 2.44. The van der Waals surface area contributed by atoms with Crippen molar-refractivity contribution in [3.05, 3.63) is 0 Å². The Labute approximate surface area is 67.5 Å². The van der Waals surface area contributed by atoms with Crippen LogP contribution in [0.2, 0.25) is 0 Å². The fourth-order valence-electron chi connectivity index (χ4n) is 0.915. The molecule has 0 amide bonds. The van der Waals surface area contributed by atoms with Crippen LogP contribution in [0.15, 0.2) is 0 Å². The maximum Gasteiger partial charge on any atom is 0.171 e. The number of sulfone groups is 1. The van der Waals surface area contributed by atoms with Crippen LogP contribution in [0, 0.1) is 0 Å². The van der Waals surface area contributed by atoms with E-state index in [4.69, 9.17) is 5.11 Å². The molecule has 0 aromatic rings. The van der Waals surface area contributed by atoms with Gasteiger partial charge < -0.3 is 10.8 Å². The molecule has 1 fully saturated rings. The SMILES string of the molecule is [NH3+][C@@H]1CS(=O)(=O)[C@@H](Br)[C@H]1O. The van der Waals surface area contributed by atoms with E-state index in [1.54, 1.807) is 0 Å². The Morgan fingerprint density at radius 2 is 2.10 bits per heavy atom. The lowest BCUT2D eigenvalue weighted by Gasteiger charge is -2.04. The summed E-state index contributed by atoms with van der Waals surface area (Å²) in [4.78, 5) is 0. The number of alkyl halides is 1. The molecule has 6 heteroatoms. The molecule has 0 saturated carbocycles. The predicted octanol–water partition coefficient (Wildman–Crippen LogP) is -1.89. The van der Waals surface area contributed by atoms with Crippen molar-refractivity contribution in [1.29, 1.82) is 0 Å². The van der Waals surface area contributed by atoms with Gasteiger partial charge in [-0.15, -0.1) is 0 Å². The van der Waals surface area contributed by atoms with E-state index in [9.17, 15) is 8.42 Å². The minimum atomic E-state index is -3.12. The van der Waals surface area contributed by atoms with Crippen LogP contribution in [0.25, 0.3) is 0 Å². The Hall–Kier alpha value is 0.350. The Bertz CT molecular complexity index is 227. The van der Waals surface area contributed by atoms with E-state index >= 15 is 0 Å². The fraction of sp³-hybridized carbons (Fsp3) is 1.00. The van der Waals surface area contributed by atoms with Gasteiger partial charge in [-0.25, -0.2) is 8.42 Å². The molecule has 1 aliphatic heterocycles. The number of hydrogen-bond donors (Lipinski definition) is 2. The summed E-state index contributed by atoms with van der Waals surface area (Å²) >= 11 is 2.89. The van der Waals surface area contributed by atoms with Crippen molar-refractivity contribution in [3.63, 3.8) is 0 Å². The van der Waals surface area contributed by atoms with Gasteiger partial charge in [-0.05, 0) is 0 Å².